The lowest BCUT2D eigenvalue weighted by Gasteiger charge is -2.38. The summed E-state index contributed by atoms with van der Waals surface area (Å²) < 4.78 is 11.7. The fraction of sp³-hybridized carbons (Fsp3) is 0.409. The van der Waals surface area contributed by atoms with Crippen LogP contribution in [-0.2, 0) is 11.4 Å². The van der Waals surface area contributed by atoms with E-state index in [1.54, 1.807) is 0 Å². The quantitative estimate of drug-likeness (QED) is 0.762. The highest BCUT2D eigenvalue weighted by atomic mass is 35.5. The minimum Gasteiger partial charge on any atom is -0.485 e. The molecule has 1 heterocycles. The van der Waals surface area contributed by atoms with Crippen molar-refractivity contribution in [1.82, 2.24) is 4.90 Å². The predicted molar refractivity (Wildman–Crippen MR) is 113 cm³/mol. The van der Waals surface area contributed by atoms with E-state index in [-0.39, 0.29) is 37.0 Å². The summed E-state index contributed by atoms with van der Waals surface area (Å²) in [5.41, 5.74) is 7.15. The Morgan fingerprint density at radius 2 is 1.71 bits per heavy atom. The molecule has 2 N–H and O–H groups in total. The van der Waals surface area contributed by atoms with Crippen molar-refractivity contribution in [1.29, 1.82) is 0 Å². The van der Waals surface area contributed by atoms with Crippen molar-refractivity contribution in [2.24, 2.45) is 5.73 Å². The van der Waals surface area contributed by atoms with E-state index in [0.717, 1.165) is 31.4 Å². The molecule has 1 amide bonds. The first-order valence-electron chi connectivity index (χ1n) is 9.59. The molecule has 0 aliphatic carbocycles. The van der Waals surface area contributed by atoms with Gasteiger partial charge in [0, 0.05) is 18.6 Å². The molecule has 1 saturated heterocycles. The van der Waals surface area contributed by atoms with Gasteiger partial charge in [-0.2, -0.15) is 0 Å². The summed E-state index contributed by atoms with van der Waals surface area (Å²) in [6.07, 6.45) is 3.10. The van der Waals surface area contributed by atoms with Crippen molar-refractivity contribution in [2.75, 3.05) is 13.2 Å². The van der Waals surface area contributed by atoms with Gasteiger partial charge < -0.3 is 20.1 Å². The highest BCUT2D eigenvalue weighted by molar-refractivity contribution is 5.85. The van der Waals surface area contributed by atoms with Gasteiger partial charge in [0.2, 0.25) is 0 Å². The Hall–Kier alpha value is -2.24. The molecule has 0 spiro atoms. The Kier molecular flexibility index (Phi) is 8.61. The van der Waals surface area contributed by atoms with E-state index in [9.17, 15) is 4.79 Å². The lowest BCUT2D eigenvalue weighted by molar-refractivity contribution is -0.137. The number of benzene rings is 2. The third-order valence-electron chi connectivity index (χ3n) is 4.91. The Labute approximate surface area is 173 Å². The molecule has 6 heteroatoms. The van der Waals surface area contributed by atoms with Crippen LogP contribution >= 0.6 is 12.4 Å². The maximum Gasteiger partial charge on any atom is 0.260 e. The Morgan fingerprint density at radius 1 is 1.07 bits per heavy atom. The third kappa shape index (κ3) is 5.88. The number of likely N-dealkylation sites (tertiary alicyclic amines) is 1. The van der Waals surface area contributed by atoms with Gasteiger partial charge in [0.25, 0.3) is 5.91 Å². The van der Waals surface area contributed by atoms with Crippen LogP contribution in [0.3, 0.4) is 0 Å². The van der Waals surface area contributed by atoms with E-state index < -0.39 is 0 Å². The van der Waals surface area contributed by atoms with E-state index in [1.807, 2.05) is 66.4 Å². The van der Waals surface area contributed by atoms with Crippen molar-refractivity contribution in [3.05, 3.63) is 60.2 Å². The second kappa shape index (κ2) is 10.9. The van der Waals surface area contributed by atoms with Crippen molar-refractivity contribution < 1.29 is 14.3 Å². The molecule has 2 aromatic carbocycles. The lowest BCUT2D eigenvalue weighted by Crippen LogP contribution is -2.52. The fourth-order valence-electron chi connectivity index (χ4n) is 3.46. The number of rotatable bonds is 7. The van der Waals surface area contributed by atoms with Crippen molar-refractivity contribution in [2.45, 2.75) is 44.9 Å². The monoisotopic (exact) mass is 404 g/mol. The number of carbonyl (C=O) groups excluding carboxylic acids is 1. The minimum absolute atomic E-state index is 0. The zero-order chi connectivity index (χ0) is 19.1. The van der Waals surface area contributed by atoms with Crippen LogP contribution in [-0.4, -0.2) is 36.0 Å². The number of nitrogens with zero attached hydrogens (tertiary/aromatic N) is 1. The van der Waals surface area contributed by atoms with Gasteiger partial charge in [0.05, 0.1) is 0 Å². The summed E-state index contributed by atoms with van der Waals surface area (Å²) in [5, 5.41) is 0. The molecule has 5 nitrogen and oxygen atoms in total. The van der Waals surface area contributed by atoms with Gasteiger partial charge in [0.15, 0.2) is 18.1 Å². The van der Waals surface area contributed by atoms with Crippen molar-refractivity contribution in [3.8, 4) is 11.5 Å². The molecular weight excluding hydrogens is 376 g/mol. The van der Waals surface area contributed by atoms with E-state index in [1.165, 1.54) is 0 Å². The van der Waals surface area contributed by atoms with E-state index in [0.29, 0.717) is 18.1 Å². The van der Waals surface area contributed by atoms with Crippen molar-refractivity contribution in [3.63, 3.8) is 0 Å². The van der Waals surface area contributed by atoms with Crippen LogP contribution in [0, 0.1) is 0 Å². The Balaban J connectivity index is 0.00000280. The second-order valence-electron chi connectivity index (χ2n) is 7.02. The molecule has 1 fully saturated rings. The van der Waals surface area contributed by atoms with Gasteiger partial charge in [-0.25, -0.2) is 0 Å². The molecule has 2 atom stereocenters. The van der Waals surface area contributed by atoms with Crippen LogP contribution < -0.4 is 15.2 Å². The number of ether oxygens (including phenoxy) is 2. The van der Waals surface area contributed by atoms with Crippen molar-refractivity contribution >= 4 is 18.3 Å². The van der Waals surface area contributed by atoms with Gasteiger partial charge in [-0.3, -0.25) is 4.79 Å². The Morgan fingerprint density at radius 3 is 2.39 bits per heavy atom. The van der Waals surface area contributed by atoms with Crippen LogP contribution in [0.2, 0.25) is 0 Å². The standard InChI is InChI=1S/C22H28N2O3.ClH/c1-17(23)19-11-7-8-14-24(19)22(25)16-27-21-13-6-5-12-20(21)26-15-18-9-3-2-4-10-18;/h2-6,9-10,12-13,17,19H,7-8,11,14-16,23H2,1H3;1H. The molecule has 1 aliphatic rings. The molecule has 0 bridgehead atoms. The number of nitrogens with two attached hydrogens (primary N) is 1. The minimum atomic E-state index is -0.0317. The van der Waals surface area contributed by atoms with Crippen LogP contribution in [0.4, 0.5) is 0 Å². The first kappa shape index (κ1) is 22.1. The molecule has 0 aromatic heterocycles. The second-order valence-corrected chi connectivity index (χ2v) is 7.02. The third-order valence-corrected chi connectivity index (χ3v) is 4.91. The highest BCUT2D eigenvalue weighted by Crippen LogP contribution is 2.28. The summed E-state index contributed by atoms with van der Waals surface area (Å²) in [6, 6.07) is 17.5. The summed E-state index contributed by atoms with van der Waals surface area (Å²) in [4.78, 5) is 14.6. The molecule has 28 heavy (non-hydrogen) atoms. The number of halogens is 1. The zero-order valence-corrected chi connectivity index (χ0v) is 17.1. The topological polar surface area (TPSA) is 64.8 Å². The summed E-state index contributed by atoms with van der Waals surface area (Å²) in [6.45, 7) is 3.16. The average molecular weight is 405 g/mol. The van der Waals surface area contributed by atoms with Crippen LogP contribution in [0.15, 0.2) is 54.6 Å². The molecular formula is C22H29ClN2O3. The van der Waals surface area contributed by atoms with Gasteiger partial charge in [-0.15, -0.1) is 12.4 Å². The molecule has 0 saturated carbocycles. The average Bonchev–Trinajstić information content (AvgIpc) is 2.71. The summed E-state index contributed by atoms with van der Waals surface area (Å²) >= 11 is 0. The molecule has 3 rings (SSSR count). The van der Waals surface area contributed by atoms with E-state index in [4.69, 9.17) is 15.2 Å². The number of para-hydroxylation sites is 2. The van der Waals surface area contributed by atoms with Gasteiger partial charge >= 0.3 is 0 Å². The number of piperidine rings is 1. The Bertz CT molecular complexity index is 740. The number of hydrogen-bond donors (Lipinski definition) is 1. The summed E-state index contributed by atoms with van der Waals surface area (Å²) in [7, 11) is 0. The largest absolute Gasteiger partial charge is 0.485 e. The van der Waals surface area contributed by atoms with E-state index >= 15 is 0 Å². The van der Waals surface area contributed by atoms with Gasteiger partial charge in [0.1, 0.15) is 6.61 Å². The SMILES string of the molecule is CC(N)C1CCCCN1C(=O)COc1ccccc1OCc1ccccc1.Cl. The first-order chi connectivity index (χ1) is 13.1. The number of carbonyl (C=O) groups is 1. The summed E-state index contributed by atoms with van der Waals surface area (Å²) in [5.74, 6) is 1.20. The maximum atomic E-state index is 12.7. The number of amides is 1. The first-order valence-corrected chi connectivity index (χ1v) is 9.59. The van der Waals surface area contributed by atoms with Crippen LogP contribution in [0.1, 0.15) is 31.7 Å². The highest BCUT2D eigenvalue weighted by Gasteiger charge is 2.29. The fourth-order valence-corrected chi connectivity index (χ4v) is 3.46. The van der Waals surface area contributed by atoms with Crippen LogP contribution in [0.5, 0.6) is 11.5 Å². The van der Waals surface area contributed by atoms with Gasteiger partial charge in [-0.1, -0.05) is 42.5 Å². The number of hydrogen-bond acceptors (Lipinski definition) is 4. The molecule has 152 valence electrons. The molecule has 0 radical (unpaired) electrons. The maximum absolute atomic E-state index is 12.7. The predicted octanol–water partition coefficient (Wildman–Crippen LogP) is 3.79. The molecule has 2 aromatic rings. The lowest BCUT2D eigenvalue weighted by atomic mass is 9.97. The molecule has 2 unspecified atom stereocenters. The van der Waals surface area contributed by atoms with Gasteiger partial charge in [-0.05, 0) is 43.9 Å². The smallest absolute Gasteiger partial charge is 0.260 e. The van der Waals surface area contributed by atoms with E-state index in [2.05, 4.69) is 0 Å². The molecule has 1 aliphatic heterocycles. The normalized spacial score (nSPS) is 17.4. The van der Waals surface area contributed by atoms with Crippen LogP contribution in [0.25, 0.3) is 0 Å². The zero-order valence-electron chi connectivity index (χ0n) is 16.3.